The molecule has 1 atom stereocenters. The van der Waals surface area contributed by atoms with Gasteiger partial charge in [0.25, 0.3) is 0 Å². The van der Waals surface area contributed by atoms with Crippen LogP contribution < -0.4 is 10.6 Å². The molecule has 2 aromatic rings. The Hall–Kier alpha value is -2.54. The highest BCUT2D eigenvalue weighted by Gasteiger charge is 2.40. The van der Waals surface area contributed by atoms with E-state index in [4.69, 9.17) is 4.74 Å². The van der Waals surface area contributed by atoms with Gasteiger partial charge < -0.3 is 15.4 Å². The molecule has 0 fully saturated rings. The Morgan fingerprint density at radius 3 is 2.36 bits per heavy atom. The number of urea groups is 1. The number of alkyl halides is 3. The SMILES string of the molecule is Cc1c(COC(C)C)cccc1NC(=O)N[C@@H](Cc1ccccc1)C(F)(F)F. The summed E-state index contributed by atoms with van der Waals surface area (Å²) in [6.07, 6.45) is -4.85. The summed E-state index contributed by atoms with van der Waals surface area (Å²) in [6, 6.07) is 10.6. The highest BCUT2D eigenvalue weighted by molar-refractivity contribution is 5.90. The van der Waals surface area contributed by atoms with Crippen LogP contribution >= 0.6 is 0 Å². The largest absolute Gasteiger partial charge is 0.408 e. The van der Waals surface area contributed by atoms with Gasteiger partial charge in [-0.15, -0.1) is 0 Å². The highest BCUT2D eigenvalue weighted by Crippen LogP contribution is 2.24. The van der Waals surface area contributed by atoms with Gasteiger partial charge in [-0.1, -0.05) is 42.5 Å². The van der Waals surface area contributed by atoms with Gasteiger partial charge in [-0.25, -0.2) is 4.79 Å². The maximum atomic E-state index is 13.4. The van der Waals surface area contributed by atoms with E-state index < -0.39 is 18.2 Å². The lowest BCUT2D eigenvalue weighted by Crippen LogP contribution is -2.48. The molecule has 2 rings (SSSR count). The molecule has 0 radical (unpaired) electrons. The monoisotopic (exact) mass is 394 g/mol. The Bertz CT molecular complexity index is 777. The quantitative estimate of drug-likeness (QED) is 0.677. The van der Waals surface area contributed by atoms with Gasteiger partial charge in [0.1, 0.15) is 6.04 Å². The predicted molar refractivity (Wildman–Crippen MR) is 103 cm³/mol. The topological polar surface area (TPSA) is 50.4 Å². The van der Waals surface area contributed by atoms with Crippen molar-refractivity contribution >= 4 is 11.7 Å². The van der Waals surface area contributed by atoms with Crippen molar-refractivity contribution in [2.45, 2.75) is 52.1 Å². The van der Waals surface area contributed by atoms with Crippen molar-refractivity contribution in [1.29, 1.82) is 0 Å². The lowest BCUT2D eigenvalue weighted by atomic mass is 10.1. The molecule has 0 heterocycles. The fraction of sp³-hybridized carbons (Fsp3) is 0.381. The molecule has 0 aromatic heterocycles. The number of hydrogen-bond acceptors (Lipinski definition) is 2. The van der Waals surface area contributed by atoms with Gasteiger partial charge in [0.2, 0.25) is 0 Å². The summed E-state index contributed by atoms with van der Waals surface area (Å²) in [5.74, 6) is 0. The van der Waals surface area contributed by atoms with Crippen molar-refractivity contribution < 1.29 is 22.7 Å². The summed E-state index contributed by atoms with van der Waals surface area (Å²) in [4.78, 5) is 12.2. The maximum absolute atomic E-state index is 13.4. The zero-order chi connectivity index (χ0) is 20.7. The fourth-order valence-corrected chi connectivity index (χ4v) is 2.65. The van der Waals surface area contributed by atoms with Gasteiger partial charge in [0.05, 0.1) is 12.7 Å². The number of carbonyl (C=O) groups is 1. The van der Waals surface area contributed by atoms with Gasteiger partial charge in [0, 0.05) is 12.1 Å². The maximum Gasteiger partial charge on any atom is 0.408 e. The van der Waals surface area contributed by atoms with Crippen molar-refractivity contribution in [1.82, 2.24) is 5.32 Å². The first-order valence-corrected chi connectivity index (χ1v) is 9.05. The number of nitrogens with one attached hydrogen (secondary N) is 2. The summed E-state index contributed by atoms with van der Waals surface area (Å²) >= 11 is 0. The summed E-state index contributed by atoms with van der Waals surface area (Å²) in [7, 11) is 0. The number of carbonyl (C=O) groups excluding carboxylic acids is 1. The smallest absolute Gasteiger partial charge is 0.374 e. The standard InChI is InChI=1S/C21H25F3N2O2/c1-14(2)28-13-17-10-7-11-18(15(17)3)25-20(27)26-19(21(22,23)24)12-16-8-5-4-6-9-16/h4-11,14,19H,12-13H2,1-3H3,(H2,25,26,27)/t19-/m0/s1. The molecule has 0 aliphatic rings. The van der Waals surface area contributed by atoms with Crippen molar-refractivity contribution in [3.8, 4) is 0 Å². The summed E-state index contributed by atoms with van der Waals surface area (Å²) in [6.45, 7) is 5.98. The van der Waals surface area contributed by atoms with Gasteiger partial charge in [-0.05, 0) is 43.5 Å². The Morgan fingerprint density at radius 2 is 1.75 bits per heavy atom. The van der Waals surface area contributed by atoms with E-state index in [0.29, 0.717) is 17.9 Å². The molecule has 0 aliphatic carbocycles. The third-order valence-electron chi connectivity index (χ3n) is 4.25. The van der Waals surface area contributed by atoms with Gasteiger partial charge in [0.15, 0.2) is 0 Å². The molecular weight excluding hydrogens is 369 g/mol. The molecule has 0 saturated carbocycles. The minimum atomic E-state index is -4.56. The lowest BCUT2D eigenvalue weighted by molar-refractivity contribution is -0.152. The van der Waals surface area contributed by atoms with E-state index in [2.05, 4.69) is 5.32 Å². The lowest BCUT2D eigenvalue weighted by Gasteiger charge is -2.22. The van der Waals surface area contributed by atoms with Crippen LogP contribution in [0.25, 0.3) is 0 Å². The van der Waals surface area contributed by atoms with Gasteiger partial charge >= 0.3 is 12.2 Å². The first-order chi connectivity index (χ1) is 13.2. The fourth-order valence-electron chi connectivity index (χ4n) is 2.65. The molecule has 2 aromatic carbocycles. The van der Waals surface area contributed by atoms with Gasteiger partial charge in [-0.3, -0.25) is 0 Å². The average molecular weight is 394 g/mol. The number of ether oxygens (including phenoxy) is 1. The van der Waals surface area contributed by atoms with Crippen LogP contribution in [0.15, 0.2) is 48.5 Å². The second kappa shape index (κ2) is 9.59. The van der Waals surface area contributed by atoms with E-state index in [-0.39, 0.29) is 12.5 Å². The van der Waals surface area contributed by atoms with E-state index >= 15 is 0 Å². The number of anilines is 1. The Balaban J connectivity index is 2.07. The average Bonchev–Trinajstić information content (AvgIpc) is 2.62. The summed E-state index contributed by atoms with van der Waals surface area (Å²) in [5.41, 5.74) is 2.56. The van der Waals surface area contributed by atoms with Crippen LogP contribution in [0.2, 0.25) is 0 Å². The number of benzene rings is 2. The van der Waals surface area contributed by atoms with Crippen molar-refractivity contribution in [2.75, 3.05) is 5.32 Å². The van der Waals surface area contributed by atoms with Crippen LogP contribution in [0.3, 0.4) is 0 Å². The normalized spacial score (nSPS) is 12.7. The highest BCUT2D eigenvalue weighted by atomic mass is 19.4. The van der Waals surface area contributed by atoms with Gasteiger partial charge in [-0.2, -0.15) is 13.2 Å². The molecule has 0 spiro atoms. The predicted octanol–water partition coefficient (Wildman–Crippen LogP) is 5.22. The molecule has 0 aliphatic heterocycles. The third-order valence-corrected chi connectivity index (χ3v) is 4.25. The summed E-state index contributed by atoms with van der Waals surface area (Å²) in [5, 5.41) is 4.57. The molecule has 28 heavy (non-hydrogen) atoms. The number of halogens is 3. The van der Waals surface area contributed by atoms with Crippen LogP contribution in [0, 0.1) is 6.92 Å². The molecule has 0 saturated heterocycles. The first kappa shape index (κ1) is 21.8. The summed E-state index contributed by atoms with van der Waals surface area (Å²) < 4.78 is 45.7. The number of hydrogen-bond donors (Lipinski definition) is 2. The minimum absolute atomic E-state index is 0.0462. The van der Waals surface area contributed by atoms with E-state index in [1.807, 2.05) is 25.2 Å². The second-order valence-electron chi connectivity index (χ2n) is 6.83. The van der Waals surface area contributed by atoms with Crippen molar-refractivity contribution in [2.24, 2.45) is 0 Å². The molecule has 0 bridgehead atoms. The van der Waals surface area contributed by atoms with E-state index in [0.717, 1.165) is 11.1 Å². The zero-order valence-corrected chi connectivity index (χ0v) is 16.1. The Labute approximate surface area is 163 Å². The van der Waals surface area contributed by atoms with E-state index in [1.165, 1.54) is 0 Å². The second-order valence-corrected chi connectivity index (χ2v) is 6.83. The third kappa shape index (κ3) is 6.56. The van der Waals surface area contributed by atoms with Crippen molar-refractivity contribution in [3.05, 3.63) is 65.2 Å². The molecule has 0 unspecified atom stereocenters. The van der Waals surface area contributed by atoms with E-state index in [1.54, 1.807) is 49.4 Å². The minimum Gasteiger partial charge on any atom is -0.374 e. The van der Waals surface area contributed by atoms with Crippen LogP contribution in [0.4, 0.5) is 23.7 Å². The molecule has 4 nitrogen and oxygen atoms in total. The Morgan fingerprint density at radius 1 is 1.07 bits per heavy atom. The zero-order valence-electron chi connectivity index (χ0n) is 16.1. The van der Waals surface area contributed by atoms with Crippen LogP contribution in [0.5, 0.6) is 0 Å². The number of amides is 2. The molecule has 152 valence electrons. The van der Waals surface area contributed by atoms with Crippen LogP contribution in [-0.2, 0) is 17.8 Å². The molecule has 2 amide bonds. The molecule has 7 heteroatoms. The molecular formula is C21H25F3N2O2. The molecule has 2 N–H and O–H groups in total. The Kier molecular flexibility index (Phi) is 7.45. The van der Waals surface area contributed by atoms with E-state index in [9.17, 15) is 18.0 Å². The number of rotatable bonds is 7. The van der Waals surface area contributed by atoms with Crippen LogP contribution in [0.1, 0.15) is 30.5 Å². The first-order valence-electron chi connectivity index (χ1n) is 9.05. The van der Waals surface area contributed by atoms with Crippen LogP contribution in [-0.4, -0.2) is 24.4 Å². The van der Waals surface area contributed by atoms with Crippen molar-refractivity contribution in [3.63, 3.8) is 0 Å².